The quantitative estimate of drug-likeness (QED) is 0.621. The van der Waals surface area contributed by atoms with Crippen molar-refractivity contribution in [2.75, 3.05) is 53.4 Å². The van der Waals surface area contributed by atoms with Gasteiger partial charge in [-0.25, -0.2) is 0 Å². The molecule has 0 aromatic heterocycles. The topological polar surface area (TPSA) is 26.8 Å². The lowest BCUT2D eigenvalue weighted by molar-refractivity contribution is -0.119. The first-order valence-electron chi connectivity index (χ1n) is 6.29. The molecular weight excluding hydrogens is 202 g/mol. The summed E-state index contributed by atoms with van der Waals surface area (Å²) in [5.74, 6) is 0. The summed E-state index contributed by atoms with van der Waals surface area (Å²) in [5, 5.41) is 0. The van der Waals surface area contributed by atoms with E-state index in [2.05, 4.69) is 23.9 Å². The highest BCUT2D eigenvalue weighted by Crippen LogP contribution is 1.98. The van der Waals surface area contributed by atoms with Crippen molar-refractivity contribution >= 4 is 6.41 Å². The molecular formula is C12H27N3O. The van der Waals surface area contributed by atoms with Gasteiger partial charge < -0.3 is 14.7 Å². The third-order valence-electron chi connectivity index (χ3n) is 2.77. The van der Waals surface area contributed by atoms with Crippen LogP contribution >= 0.6 is 0 Å². The molecule has 2 rings (SSSR count). The molecule has 16 heavy (non-hydrogen) atoms. The Morgan fingerprint density at radius 1 is 0.812 bits per heavy atom. The minimum Gasteiger partial charge on any atom is -0.343 e. The highest BCUT2D eigenvalue weighted by Gasteiger charge is 2.10. The molecule has 2 aliphatic heterocycles. The van der Waals surface area contributed by atoms with Crippen LogP contribution in [0.4, 0.5) is 0 Å². The SMILES string of the molecule is CC.CN1CCC1.CN1CCN(C=O)CC1. The monoisotopic (exact) mass is 229 g/mol. The smallest absolute Gasteiger partial charge is 0.209 e. The van der Waals surface area contributed by atoms with Crippen molar-refractivity contribution in [3.63, 3.8) is 0 Å². The molecule has 0 radical (unpaired) electrons. The predicted molar refractivity (Wildman–Crippen MR) is 68.6 cm³/mol. The van der Waals surface area contributed by atoms with Crippen LogP contribution in [0.15, 0.2) is 0 Å². The second-order valence-electron chi connectivity index (χ2n) is 4.10. The second kappa shape index (κ2) is 9.60. The maximum absolute atomic E-state index is 10.2. The summed E-state index contributed by atoms with van der Waals surface area (Å²) in [7, 11) is 4.21. The Bertz CT molecular complexity index is 164. The zero-order valence-corrected chi connectivity index (χ0v) is 11.3. The molecule has 0 bridgehead atoms. The number of piperazine rings is 1. The van der Waals surface area contributed by atoms with E-state index in [0.717, 1.165) is 32.6 Å². The van der Waals surface area contributed by atoms with Gasteiger partial charge in [0.2, 0.25) is 6.41 Å². The van der Waals surface area contributed by atoms with E-state index in [1.165, 1.54) is 19.5 Å². The van der Waals surface area contributed by atoms with Crippen molar-refractivity contribution in [1.29, 1.82) is 0 Å². The Balaban J connectivity index is 0.000000272. The number of nitrogens with zero attached hydrogens (tertiary/aromatic N) is 3. The predicted octanol–water partition coefficient (Wildman–Crippen LogP) is 0.738. The Morgan fingerprint density at radius 2 is 1.19 bits per heavy atom. The van der Waals surface area contributed by atoms with Crippen molar-refractivity contribution in [3.05, 3.63) is 0 Å². The molecule has 2 aliphatic rings. The van der Waals surface area contributed by atoms with Crippen molar-refractivity contribution in [1.82, 2.24) is 14.7 Å². The number of amides is 1. The number of likely N-dealkylation sites (N-methyl/N-ethyl adjacent to an activating group) is 1. The van der Waals surface area contributed by atoms with E-state index < -0.39 is 0 Å². The van der Waals surface area contributed by atoms with Gasteiger partial charge in [0.05, 0.1) is 0 Å². The summed E-state index contributed by atoms with van der Waals surface area (Å²) in [6.07, 6.45) is 2.34. The highest BCUT2D eigenvalue weighted by molar-refractivity contribution is 5.47. The highest BCUT2D eigenvalue weighted by atomic mass is 16.1. The molecule has 2 saturated heterocycles. The first-order chi connectivity index (χ1) is 7.72. The molecule has 0 atom stereocenters. The van der Waals surface area contributed by atoms with Gasteiger partial charge >= 0.3 is 0 Å². The maximum atomic E-state index is 10.2. The lowest BCUT2D eigenvalue weighted by Crippen LogP contribution is -2.43. The molecule has 0 N–H and O–H groups in total. The van der Waals surface area contributed by atoms with Crippen LogP contribution in [0.5, 0.6) is 0 Å². The van der Waals surface area contributed by atoms with E-state index in [1.54, 1.807) is 4.90 Å². The summed E-state index contributed by atoms with van der Waals surface area (Å²) in [6.45, 7) is 10.4. The molecule has 0 aromatic rings. The van der Waals surface area contributed by atoms with Crippen LogP contribution in [0.3, 0.4) is 0 Å². The Morgan fingerprint density at radius 3 is 1.44 bits per heavy atom. The standard InChI is InChI=1S/C6H12N2O.C4H9N.C2H6/c1-7-2-4-8(6-9)5-3-7;1-5-3-2-4-5;1-2/h6H,2-5H2,1H3;2-4H2,1H3;1-2H3. The van der Waals surface area contributed by atoms with Gasteiger partial charge in [0.1, 0.15) is 0 Å². The van der Waals surface area contributed by atoms with E-state index in [0.29, 0.717) is 0 Å². The van der Waals surface area contributed by atoms with Gasteiger partial charge in [-0.2, -0.15) is 0 Å². The first-order valence-corrected chi connectivity index (χ1v) is 6.29. The number of carbonyl (C=O) groups excluding carboxylic acids is 1. The van der Waals surface area contributed by atoms with E-state index in [1.807, 2.05) is 13.8 Å². The largest absolute Gasteiger partial charge is 0.343 e. The average molecular weight is 229 g/mol. The number of hydrogen-bond donors (Lipinski definition) is 0. The molecule has 2 heterocycles. The Labute approximate surface area is 100 Å². The molecule has 0 unspecified atom stereocenters. The van der Waals surface area contributed by atoms with Crippen LogP contribution in [0.25, 0.3) is 0 Å². The zero-order valence-electron chi connectivity index (χ0n) is 11.3. The van der Waals surface area contributed by atoms with Gasteiger partial charge in [0.25, 0.3) is 0 Å². The molecule has 0 spiro atoms. The van der Waals surface area contributed by atoms with Crippen LogP contribution in [0.1, 0.15) is 20.3 Å². The van der Waals surface area contributed by atoms with Gasteiger partial charge in [0, 0.05) is 26.2 Å². The first kappa shape index (κ1) is 15.4. The van der Waals surface area contributed by atoms with Crippen LogP contribution < -0.4 is 0 Å². The molecule has 4 nitrogen and oxygen atoms in total. The van der Waals surface area contributed by atoms with E-state index in [9.17, 15) is 4.79 Å². The van der Waals surface area contributed by atoms with Crippen molar-refractivity contribution in [2.45, 2.75) is 20.3 Å². The molecule has 1 amide bonds. The van der Waals surface area contributed by atoms with Gasteiger partial charge in [-0.1, -0.05) is 13.8 Å². The number of hydrogen-bond acceptors (Lipinski definition) is 3. The molecule has 0 aromatic carbocycles. The van der Waals surface area contributed by atoms with Crippen LogP contribution in [0.2, 0.25) is 0 Å². The van der Waals surface area contributed by atoms with Gasteiger partial charge in [-0.15, -0.1) is 0 Å². The van der Waals surface area contributed by atoms with Crippen LogP contribution in [-0.2, 0) is 4.79 Å². The summed E-state index contributed by atoms with van der Waals surface area (Å²) in [4.78, 5) is 16.5. The van der Waals surface area contributed by atoms with Crippen LogP contribution in [0, 0.1) is 0 Å². The van der Waals surface area contributed by atoms with Crippen molar-refractivity contribution in [2.24, 2.45) is 0 Å². The van der Waals surface area contributed by atoms with E-state index >= 15 is 0 Å². The average Bonchev–Trinajstić information content (AvgIpc) is 2.31. The Kier molecular flexibility index (Phi) is 9.24. The second-order valence-corrected chi connectivity index (χ2v) is 4.10. The third-order valence-corrected chi connectivity index (χ3v) is 2.77. The van der Waals surface area contributed by atoms with E-state index in [-0.39, 0.29) is 0 Å². The summed E-state index contributed by atoms with van der Waals surface area (Å²) in [5.41, 5.74) is 0. The summed E-state index contributed by atoms with van der Waals surface area (Å²) in [6, 6.07) is 0. The lowest BCUT2D eigenvalue weighted by atomic mass is 10.3. The number of carbonyl (C=O) groups is 1. The maximum Gasteiger partial charge on any atom is 0.209 e. The minimum atomic E-state index is 0.889. The van der Waals surface area contributed by atoms with Gasteiger partial charge in [0.15, 0.2) is 0 Å². The fourth-order valence-corrected chi connectivity index (χ4v) is 1.40. The van der Waals surface area contributed by atoms with Crippen molar-refractivity contribution < 1.29 is 4.79 Å². The molecule has 0 aliphatic carbocycles. The lowest BCUT2D eigenvalue weighted by Gasteiger charge is -2.29. The summed E-state index contributed by atoms with van der Waals surface area (Å²) >= 11 is 0. The molecule has 2 fully saturated rings. The number of likely N-dealkylation sites (tertiary alicyclic amines) is 1. The Hall–Kier alpha value is -0.610. The zero-order chi connectivity index (χ0) is 12.4. The fraction of sp³-hybridized carbons (Fsp3) is 0.917. The molecule has 96 valence electrons. The van der Waals surface area contributed by atoms with Gasteiger partial charge in [-0.3, -0.25) is 4.79 Å². The van der Waals surface area contributed by atoms with Gasteiger partial charge in [-0.05, 0) is 33.6 Å². The molecule has 4 heteroatoms. The minimum absolute atomic E-state index is 0.889. The fourth-order valence-electron chi connectivity index (χ4n) is 1.40. The van der Waals surface area contributed by atoms with Crippen LogP contribution in [-0.4, -0.2) is 74.5 Å². The third kappa shape index (κ3) is 6.80. The van der Waals surface area contributed by atoms with E-state index in [4.69, 9.17) is 0 Å². The normalized spacial score (nSPS) is 20.9. The number of rotatable bonds is 1. The summed E-state index contributed by atoms with van der Waals surface area (Å²) < 4.78 is 0. The molecule has 0 saturated carbocycles. The van der Waals surface area contributed by atoms with Crippen molar-refractivity contribution in [3.8, 4) is 0 Å².